The van der Waals surface area contributed by atoms with Crippen LogP contribution >= 0.6 is 11.6 Å². The summed E-state index contributed by atoms with van der Waals surface area (Å²) in [5.41, 5.74) is 11.8. The Balaban J connectivity index is 2.20. The number of hydrogen-bond acceptors (Lipinski definition) is 7. The van der Waals surface area contributed by atoms with Gasteiger partial charge in [0.25, 0.3) is 0 Å². The van der Waals surface area contributed by atoms with Crippen molar-refractivity contribution in [2.24, 2.45) is 21.5 Å². The normalized spacial score (nSPS) is 20.0. The number of rotatable bonds is 4. The van der Waals surface area contributed by atoms with Gasteiger partial charge in [-0.15, -0.1) is 0 Å². The molecule has 2 aliphatic rings. The first kappa shape index (κ1) is 19.0. The monoisotopic (exact) mass is 397 g/mol. The first-order valence-corrected chi connectivity index (χ1v) is 10.8. The zero-order valence-corrected chi connectivity index (χ0v) is 16.4. The molecule has 1 fully saturated rings. The molecule has 7 nitrogen and oxygen atoms in total. The van der Waals surface area contributed by atoms with Gasteiger partial charge in [0.15, 0.2) is 9.84 Å². The van der Waals surface area contributed by atoms with E-state index in [-0.39, 0.29) is 22.6 Å². The SMILES string of the molecule is CCCS(=O)(=O)c1ccc(Cl)cc1N1C(N)=NC(N)=NC12CCCCC2. The van der Waals surface area contributed by atoms with Crippen molar-refractivity contribution in [2.45, 2.75) is 56.0 Å². The fourth-order valence-corrected chi connectivity index (χ4v) is 5.44. The van der Waals surface area contributed by atoms with E-state index in [1.165, 1.54) is 6.07 Å². The molecule has 0 unspecified atom stereocenters. The highest BCUT2D eigenvalue weighted by molar-refractivity contribution is 7.91. The van der Waals surface area contributed by atoms with Crippen molar-refractivity contribution in [3.63, 3.8) is 0 Å². The van der Waals surface area contributed by atoms with E-state index in [0.717, 1.165) is 32.1 Å². The van der Waals surface area contributed by atoms with Crippen LogP contribution in [0.3, 0.4) is 0 Å². The molecule has 1 spiro atoms. The lowest BCUT2D eigenvalue weighted by Gasteiger charge is -2.46. The number of aliphatic imine (C=N–C) groups is 2. The molecule has 0 amide bonds. The van der Waals surface area contributed by atoms with Crippen LogP contribution in [0.25, 0.3) is 0 Å². The van der Waals surface area contributed by atoms with Crippen molar-refractivity contribution in [2.75, 3.05) is 10.7 Å². The Hall–Kier alpha value is -1.80. The highest BCUT2D eigenvalue weighted by atomic mass is 35.5. The molecule has 142 valence electrons. The Kier molecular flexibility index (Phi) is 5.16. The maximum Gasteiger partial charge on any atom is 0.220 e. The van der Waals surface area contributed by atoms with Crippen LogP contribution in [0.5, 0.6) is 0 Å². The molecule has 1 heterocycles. The molecular formula is C17H24ClN5O2S. The summed E-state index contributed by atoms with van der Waals surface area (Å²) < 4.78 is 25.7. The zero-order chi connectivity index (χ0) is 18.9. The van der Waals surface area contributed by atoms with E-state index in [0.29, 0.717) is 17.1 Å². The largest absolute Gasteiger partial charge is 0.369 e. The van der Waals surface area contributed by atoms with Crippen molar-refractivity contribution in [3.8, 4) is 0 Å². The highest BCUT2D eigenvalue weighted by Crippen LogP contribution is 2.42. The minimum absolute atomic E-state index is 0.0466. The number of guanidine groups is 2. The van der Waals surface area contributed by atoms with Crippen LogP contribution in [0.15, 0.2) is 33.1 Å². The standard InChI is InChI=1S/C17H24ClN5O2S/c1-2-10-26(24,25)14-7-6-12(18)11-13(14)23-16(20)21-15(19)22-17(23)8-4-3-5-9-17/h6-7,11H,2-5,8-10H2,1H3,(H4,19,20,21,22). The first-order valence-electron chi connectivity index (χ1n) is 8.81. The summed E-state index contributed by atoms with van der Waals surface area (Å²) in [5, 5.41) is 0.428. The van der Waals surface area contributed by atoms with E-state index >= 15 is 0 Å². The summed E-state index contributed by atoms with van der Waals surface area (Å²) in [6.07, 6.45) is 4.98. The summed E-state index contributed by atoms with van der Waals surface area (Å²) in [6, 6.07) is 4.74. The third-order valence-electron chi connectivity index (χ3n) is 4.82. The smallest absolute Gasteiger partial charge is 0.220 e. The third-order valence-corrected chi connectivity index (χ3v) is 7.02. The predicted octanol–water partition coefficient (Wildman–Crippen LogP) is 2.63. The molecular weight excluding hydrogens is 374 g/mol. The zero-order valence-electron chi connectivity index (χ0n) is 14.8. The Morgan fingerprint density at radius 1 is 1.23 bits per heavy atom. The molecule has 0 aromatic heterocycles. The van der Waals surface area contributed by atoms with Gasteiger partial charge in [-0.2, -0.15) is 4.99 Å². The number of nitrogens with two attached hydrogens (primary N) is 2. The summed E-state index contributed by atoms with van der Waals surface area (Å²) >= 11 is 6.20. The average Bonchev–Trinajstić information content (AvgIpc) is 2.54. The van der Waals surface area contributed by atoms with E-state index in [1.807, 2.05) is 6.92 Å². The van der Waals surface area contributed by atoms with E-state index < -0.39 is 15.5 Å². The molecule has 0 saturated heterocycles. The van der Waals surface area contributed by atoms with Crippen molar-refractivity contribution in [1.82, 2.24) is 0 Å². The number of benzene rings is 1. The summed E-state index contributed by atoms with van der Waals surface area (Å²) in [5.74, 6) is 0.320. The first-order chi connectivity index (χ1) is 12.3. The van der Waals surface area contributed by atoms with Gasteiger partial charge in [-0.1, -0.05) is 24.9 Å². The quantitative estimate of drug-likeness (QED) is 0.810. The Morgan fingerprint density at radius 3 is 2.58 bits per heavy atom. The van der Waals surface area contributed by atoms with Crippen molar-refractivity contribution < 1.29 is 8.42 Å². The van der Waals surface area contributed by atoms with Gasteiger partial charge in [0, 0.05) is 5.02 Å². The second-order valence-corrected chi connectivity index (χ2v) is 9.26. The topological polar surface area (TPSA) is 114 Å². The lowest BCUT2D eigenvalue weighted by molar-refractivity contribution is 0.305. The molecule has 0 atom stereocenters. The van der Waals surface area contributed by atoms with Crippen LogP contribution in [-0.2, 0) is 9.84 Å². The Labute approximate surface area is 159 Å². The van der Waals surface area contributed by atoms with Crippen molar-refractivity contribution >= 4 is 39.0 Å². The molecule has 3 rings (SSSR count). The molecule has 1 aliphatic carbocycles. The van der Waals surface area contributed by atoms with Gasteiger partial charge in [0.2, 0.25) is 11.9 Å². The van der Waals surface area contributed by atoms with Crippen LogP contribution in [0.4, 0.5) is 5.69 Å². The predicted molar refractivity (Wildman–Crippen MR) is 105 cm³/mol. The highest BCUT2D eigenvalue weighted by Gasteiger charge is 2.44. The number of anilines is 1. The van der Waals surface area contributed by atoms with Gasteiger partial charge in [-0.25, -0.2) is 13.4 Å². The van der Waals surface area contributed by atoms with Crippen LogP contribution in [0.2, 0.25) is 5.02 Å². The van der Waals surface area contributed by atoms with Gasteiger partial charge in [0.05, 0.1) is 16.3 Å². The molecule has 1 aromatic rings. The van der Waals surface area contributed by atoms with Crippen molar-refractivity contribution in [1.29, 1.82) is 0 Å². The van der Waals surface area contributed by atoms with Crippen LogP contribution < -0.4 is 16.4 Å². The molecule has 1 aromatic carbocycles. The van der Waals surface area contributed by atoms with E-state index in [1.54, 1.807) is 17.0 Å². The maximum absolute atomic E-state index is 12.8. The fourth-order valence-electron chi connectivity index (χ4n) is 3.78. The maximum atomic E-state index is 12.8. The van der Waals surface area contributed by atoms with E-state index in [4.69, 9.17) is 23.1 Å². The molecule has 1 aliphatic heterocycles. The van der Waals surface area contributed by atoms with Crippen LogP contribution in [0, 0.1) is 0 Å². The second kappa shape index (κ2) is 7.08. The van der Waals surface area contributed by atoms with Gasteiger partial charge in [-0.05, 0) is 50.3 Å². The van der Waals surface area contributed by atoms with Crippen molar-refractivity contribution in [3.05, 3.63) is 23.2 Å². The van der Waals surface area contributed by atoms with Crippen LogP contribution in [0.1, 0.15) is 45.4 Å². The average molecular weight is 398 g/mol. The number of halogens is 1. The third kappa shape index (κ3) is 3.40. The summed E-state index contributed by atoms with van der Waals surface area (Å²) in [6.45, 7) is 1.83. The summed E-state index contributed by atoms with van der Waals surface area (Å²) in [7, 11) is -3.49. The van der Waals surface area contributed by atoms with Gasteiger partial charge >= 0.3 is 0 Å². The van der Waals surface area contributed by atoms with Gasteiger partial charge in [0.1, 0.15) is 5.66 Å². The Morgan fingerprint density at radius 2 is 1.92 bits per heavy atom. The van der Waals surface area contributed by atoms with Gasteiger partial charge < -0.3 is 11.5 Å². The molecule has 4 N–H and O–H groups in total. The second-order valence-electron chi connectivity index (χ2n) is 6.75. The Bertz CT molecular complexity index is 860. The van der Waals surface area contributed by atoms with Crippen LogP contribution in [-0.4, -0.2) is 31.8 Å². The molecule has 0 radical (unpaired) electrons. The molecule has 1 saturated carbocycles. The van der Waals surface area contributed by atoms with Gasteiger partial charge in [-0.3, -0.25) is 4.90 Å². The number of sulfone groups is 1. The lowest BCUT2D eigenvalue weighted by atomic mass is 9.87. The fraction of sp³-hybridized carbons (Fsp3) is 0.529. The molecule has 9 heteroatoms. The minimum Gasteiger partial charge on any atom is -0.369 e. The number of hydrogen-bond donors (Lipinski definition) is 2. The lowest BCUT2D eigenvalue weighted by Crippen LogP contribution is -2.58. The molecule has 26 heavy (non-hydrogen) atoms. The van der Waals surface area contributed by atoms with E-state index in [2.05, 4.69) is 9.98 Å². The van der Waals surface area contributed by atoms with E-state index in [9.17, 15) is 8.42 Å². The summed E-state index contributed by atoms with van der Waals surface area (Å²) in [4.78, 5) is 10.6. The number of nitrogens with zero attached hydrogens (tertiary/aromatic N) is 3. The molecule has 0 bridgehead atoms. The minimum atomic E-state index is -3.49.